The quantitative estimate of drug-likeness (QED) is 0.219. The van der Waals surface area contributed by atoms with E-state index in [4.69, 9.17) is 21.6 Å². The van der Waals surface area contributed by atoms with Crippen molar-refractivity contribution in [3.05, 3.63) is 0 Å². The molecule has 66 valence electrons. The fourth-order valence-electron chi connectivity index (χ4n) is 0.243. The van der Waals surface area contributed by atoms with Gasteiger partial charge in [-0.3, -0.25) is 10.1 Å². The van der Waals surface area contributed by atoms with Gasteiger partial charge in [-0.05, 0) is 6.66 Å². The van der Waals surface area contributed by atoms with E-state index >= 15 is 0 Å². The molecule has 0 spiro atoms. The molecule has 0 aromatic heterocycles. The lowest BCUT2D eigenvalue weighted by atomic mass is 11.1. The van der Waals surface area contributed by atoms with Crippen LogP contribution in [0, 0.1) is 0 Å². The Labute approximate surface area is 70.1 Å². The second kappa shape index (κ2) is 7.11. The van der Waals surface area contributed by atoms with Crippen molar-refractivity contribution in [2.75, 3.05) is 6.66 Å². The molecule has 0 radical (unpaired) electrons. The Kier molecular flexibility index (Phi) is 7.39. The largest absolute Gasteiger partial charge is 0.370 e. The van der Waals surface area contributed by atoms with Crippen LogP contribution < -0.4 is 22.2 Å². The van der Waals surface area contributed by atoms with Gasteiger partial charge in [0.2, 0.25) is 0 Å². The number of hydrogen-bond donors (Lipinski definition) is 4. The topological polar surface area (TPSA) is 112 Å². The molecular weight excluding hydrogens is 203 g/mol. The highest BCUT2D eigenvalue weighted by molar-refractivity contribution is 8.18. The van der Waals surface area contributed by atoms with E-state index < -0.39 is 7.84 Å². The van der Waals surface area contributed by atoms with Crippen molar-refractivity contribution < 1.29 is 4.62 Å². The number of rotatable bonds is 5. The highest BCUT2D eigenvalue weighted by Crippen LogP contribution is 2.53. The van der Waals surface area contributed by atoms with Gasteiger partial charge in [-0.1, -0.05) is 0 Å². The first-order valence-electron chi connectivity index (χ1n) is 2.62. The predicted molar refractivity (Wildman–Crippen MR) is 53.7 cm³/mol. The molecule has 11 heavy (non-hydrogen) atoms. The van der Waals surface area contributed by atoms with Gasteiger partial charge >= 0.3 is 0 Å². The van der Waals surface area contributed by atoms with Gasteiger partial charge in [-0.25, -0.2) is 4.76 Å². The molecule has 6 nitrogen and oxygen atoms in total. The zero-order valence-corrected chi connectivity index (χ0v) is 8.93. The van der Waals surface area contributed by atoms with E-state index in [0.29, 0.717) is 0 Å². The Hall–Kier alpha value is 0.440. The maximum Gasteiger partial charge on any atom is 0.189 e. The maximum atomic E-state index is 5.15. The summed E-state index contributed by atoms with van der Waals surface area (Å²) in [5, 5.41) is 2.56. The Balaban J connectivity index is 3.36. The Morgan fingerprint density at radius 3 is 2.73 bits per heavy atom. The smallest absolute Gasteiger partial charge is 0.189 e. The van der Waals surface area contributed by atoms with Crippen LogP contribution in [0.2, 0.25) is 0 Å². The first kappa shape index (κ1) is 11.4. The molecule has 0 aliphatic heterocycles. The van der Waals surface area contributed by atoms with E-state index in [-0.39, 0.29) is 23.3 Å². The average Bonchev–Trinajstić information content (AvgIpc) is 1.97. The molecule has 0 aromatic rings. The Bertz CT molecular complexity index is 127. The summed E-state index contributed by atoms with van der Waals surface area (Å²) in [5.41, 5.74) is 15.4. The molecular formula is C2H12N5OP3. The minimum atomic E-state index is -0.623. The van der Waals surface area contributed by atoms with E-state index in [1.54, 1.807) is 0 Å². The molecule has 7 N–H and O–H groups in total. The fourth-order valence-corrected chi connectivity index (χ4v) is 2.60. The lowest BCUT2D eigenvalue weighted by Gasteiger charge is -2.08. The van der Waals surface area contributed by atoms with E-state index in [1.165, 1.54) is 0 Å². The second-order valence-corrected chi connectivity index (χ2v) is 6.06. The van der Waals surface area contributed by atoms with Gasteiger partial charge < -0.3 is 11.5 Å². The molecule has 0 rings (SSSR count). The van der Waals surface area contributed by atoms with E-state index in [1.807, 2.05) is 6.66 Å². The van der Waals surface area contributed by atoms with Crippen LogP contribution >= 0.6 is 25.1 Å². The first-order chi connectivity index (χ1) is 5.16. The summed E-state index contributed by atoms with van der Waals surface area (Å²) in [6.07, 6.45) is 0. The first-order valence-corrected chi connectivity index (χ1v) is 7.19. The van der Waals surface area contributed by atoms with Gasteiger partial charge in [0.05, 0.1) is 16.3 Å². The predicted octanol–water partition coefficient (Wildman–Crippen LogP) is -0.217. The molecule has 3 unspecified atom stereocenters. The molecule has 0 amide bonds. The van der Waals surface area contributed by atoms with Gasteiger partial charge in [-0.15, -0.1) is 0 Å². The van der Waals surface area contributed by atoms with Crippen molar-refractivity contribution in [1.82, 2.24) is 5.25 Å². The van der Waals surface area contributed by atoms with Crippen molar-refractivity contribution in [3.63, 3.8) is 0 Å². The van der Waals surface area contributed by atoms with E-state index in [0.717, 1.165) is 0 Å². The van der Waals surface area contributed by atoms with E-state index in [9.17, 15) is 0 Å². The molecule has 0 aliphatic rings. The molecule has 0 fully saturated rings. The van der Waals surface area contributed by atoms with Crippen LogP contribution in [-0.2, 0) is 4.62 Å². The average molecular weight is 215 g/mol. The summed E-state index contributed by atoms with van der Waals surface area (Å²) in [7, 11) is -0.273. The SMILES string of the molecule is CP(ONPN)PN=C(N)N. The van der Waals surface area contributed by atoms with Crippen LogP contribution in [0.1, 0.15) is 0 Å². The lowest BCUT2D eigenvalue weighted by molar-refractivity contribution is 0.325. The molecule has 0 bridgehead atoms. The summed E-state index contributed by atoms with van der Waals surface area (Å²) >= 11 is 0. The Morgan fingerprint density at radius 2 is 2.27 bits per heavy atom. The number of nitrogens with one attached hydrogen (secondary N) is 1. The van der Waals surface area contributed by atoms with Gasteiger partial charge in [-0.2, -0.15) is 5.25 Å². The molecule has 9 heteroatoms. The standard InChI is InChI=1S/C2H12N5OP3/c1-11(8-7-9-5)10-6-2(3)4/h7,9-10H,5H2,1H3,(H4,3,4,6). The van der Waals surface area contributed by atoms with Crippen molar-refractivity contribution in [2.24, 2.45) is 21.7 Å². The lowest BCUT2D eigenvalue weighted by Crippen LogP contribution is -2.21. The maximum absolute atomic E-state index is 5.15. The number of nitrogens with zero attached hydrogens (tertiary/aromatic N) is 1. The van der Waals surface area contributed by atoms with Crippen molar-refractivity contribution in [3.8, 4) is 0 Å². The van der Waals surface area contributed by atoms with Crippen molar-refractivity contribution >= 4 is 31.1 Å². The van der Waals surface area contributed by atoms with Gasteiger partial charge in [0, 0.05) is 8.88 Å². The zero-order chi connectivity index (χ0) is 8.69. The molecule has 0 heterocycles. The van der Waals surface area contributed by atoms with Crippen LogP contribution in [0.25, 0.3) is 0 Å². The molecule has 3 atom stereocenters. The summed E-state index contributed by atoms with van der Waals surface area (Å²) in [4.78, 5) is 0. The highest BCUT2D eigenvalue weighted by atomic mass is 32.1. The molecule has 0 saturated heterocycles. The minimum absolute atomic E-state index is 0.0870. The number of guanidine groups is 1. The summed E-state index contributed by atoms with van der Waals surface area (Å²) < 4.78 is 8.84. The Morgan fingerprint density at radius 1 is 1.64 bits per heavy atom. The summed E-state index contributed by atoms with van der Waals surface area (Å²) in [6, 6.07) is 0. The van der Waals surface area contributed by atoms with Crippen LogP contribution in [0.3, 0.4) is 0 Å². The van der Waals surface area contributed by atoms with E-state index in [2.05, 4.69) is 10.0 Å². The fraction of sp³-hybridized carbons (Fsp3) is 0.500. The third-order valence-electron chi connectivity index (χ3n) is 0.561. The summed E-state index contributed by atoms with van der Waals surface area (Å²) in [5.74, 6) is 0.0940. The summed E-state index contributed by atoms with van der Waals surface area (Å²) in [6.45, 7) is 1.91. The monoisotopic (exact) mass is 215 g/mol. The van der Waals surface area contributed by atoms with Gasteiger partial charge in [0.1, 0.15) is 0 Å². The number of hydrogen-bond acceptors (Lipinski definition) is 4. The third kappa shape index (κ3) is 8.35. The highest BCUT2D eigenvalue weighted by Gasteiger charge is 1.99. The van der Waals surface area contributed by atoms with Gasteiger partial charge in [0.25, 0.3) is 0 Å². The number of nitrogens with two attached hydrogens (primary N) is 3. The minimum Gasteiger partial charge on any atom is -0.370 e. The second-order valence-electron chi connectivity index (χ2n) is 1.47. The van der Waals surface area contributed by atoms with Crippen molar-refractivity contribution in [1.29, 1.82) is 0 Å². The normalized spacial score (nSPS) is 14.7. The molecule has 0 saturated carbocycles. The van der Waals surface area contributed by atoms with Crippen LogP contribution in [0.15, 0.2) is 4.76 Å². The van der Waals surface area contributed by atoms with Crippen LogP contribution in [0.5, 0.6) is 0 Å². The molecule has 0 aliphatic carbocycles. The van der Waals surface area contributed by atoms with Gasteiger partial charge in [0.15, 0.2) is 5.96 Å². The van der Waals surface area contributed by atoms with Crippen molar-refractivity contribution in [2.45, 2.75) is 0 Å². The van der Waals surface area contributed by atoms with Crippen LogP contribution in [0.4, 0.5) is 0 Å². The van der Waals surface area contributed by atoms with Crippen LogP contribution in [-0.4, -0.2) is 12.6 Å². The zero-order valence-electron chi connectivity index (χ0n) is 6.03. The molecule has 0 aromatic carbocycles. The third-order valence-corrected chi connectivity index (χ3v) is 3.38.